The first-order valence-corrected chi connectivity index (χ1v) is 4.75. The Hall–Kier alpha value is -1.10. The van der Waals surface area contributed by atoms with E-state index in [0.717, 1.165) is 6.20 Å². The van der Waals surface area contributed by atoms with Gasteiger partial charge in [-0.05, 0) is 11.6 Å². The fourth-order valence-electron chi connectivity index (χ4n) is 1.74. The van der Waals surface area contributed by atoms with Crippen LogP contribution in [0.25, 0.3) is 0 Å². The third kappa shape index (κ3) is 2.68. The fourth-order valence-corrected chi connectivity index (χ4v) is 1.74. The van der Waals surface area contributed by atoms with Gasteiger partial charge in [0.15, 0.2) is 0 Å². The average molecular weight is 216 g/mol. The van der Waals surface area contributed by atoms with Crippen molar-refractivity contribution >= 4 is 0 Å². The molecule has 0 N–H and O–H groups in total. The van der Waals surface area contributed by atoms with Crippen LogP contribution < -0.4 is 0 Å². The number of pyridine rings is 1. The third-order valence-electron chi connectivity index (χ3n) is 2.42. The summed E-state index contributed by atoms with van der Waals surface area (Å²) >= 11 is 0. The molecule has 82 valence electrons. The first kappa shape index (κ1) is 10.4. The van der Waals surface area contributed by atoms with Gasteiger partial charge in [0.1, 0.15) is 5.82 Å². The average Bonchev–Trinajstić information content (AvgIpc) is 2.45. The second-order valence-electron chi connectivity index (χ2n) is 3.83. The van der Waals surface area contributed by atoms with E-state index in [9.17, 15) is 13.2 Å². The van der Waals surface area contributed by atoms with Crippen LogP contribution in [0.2, 0.25) is 0 Å². The molecule has 0 bridgehead atoms. The van der Waals surface area contributed by atoms with Crippen LogP contribution in [0.5, 0.6) is 0 Å². The number of hydrogen-bond acceptors (Lipinski definition) is 2. The summed E-state index contributed by atoms with van der Waals surface area (Å²) in [4.78, 5) is 5.28. The van der Waals surface area contributed by atoms with Gasteiger partial charge >= 0.3 is 0 Å². The molecule has 1 aromatic heterocycles. The van der Waals surface area contributed by atoms with Crippen LogP contribution >= 0.6 is 0 Å². The van der Waals surface area contributed by atoms with Crippen LogP contribution in [0, 0.1) is 5.82 Å². The molecule has 0 saturated carbocycles. The van der Waals surface area contributed by atoms with E-state index >= 15 is 0 Å². The minimum atomic E-state index is -2.60. The monoisotopic (exact) mass is 216 g/mol. The van der Waals surface area contributed by atoms with E-state index in [1.165, 1.54) is 12.3 Å². The maximum Gasteiger partial charge on any atom is 0.261 e. The van der Waals surface area contributed by atoms with Gasteiger partial charge in [0.2, 0.25) is 0 Å². The van der Waals surface area contributed by atoms with Gasteiger partial charge in [-0.3, -0.25) is 9.88 Å². The molecule has 15 heavy (non-hydrogen) atoms. The van der Waals surface area contributed by atoms with Gasteiger partial charge in [-0.25, -0.2) is 13.2 Å². The zero-order valence-corrected chi connectivity index (χ0v) is 8.09. The highest BCUT2D eigenvalue weighted by Gasteiger charge is 2.37. The Kier molecular flexibility index (Phi) is 2.65. The molecule has 0 amide bonds. The second-order valence-corrected chi connectivity index (χ2v) is 3.83. The summed E-state index contributed by atoms with van der Waals surface area (Å²) < 4.78 is 38.5. The Morgan fingerprint density at radius 3 is 2.80 bits per heavy atom. The third-order valence-corrected chi connectivity index (χ3v) is 2.42. The van der Waals surface area contributed by atoms with E-state index in [1.54, 1.807) is 4.90 Å². The number of alkyl halides is 2. The minimum Gasteiger partial charge on any atom is -0.293 e. The number of halogens is 3. The van der Waals surface area contributed by atoms with Crippen molar-refractivity contribution in [2.75, 3.05) is 13.1 Å². The smallest absolute Gasteiger partial charge is 0.261 e. The van der Waals surface area contributed by atoms with Crippen LogP contribution in [-0.2, 0) is 6.54 Å². The van der Waals surface area contributed by atoms with Crippen molar-refractivity contribution in [3.63, 3.8) is 0 Å². The zero-order valence-electron chi connectivity index (χ0n) is 8.09. The number of rotatable bonds is 2. The molecule has 2 nitrogen and oxygen atoms in total. The molecule has 1 aliphatic heterocycles. The molecule has 0 aromatic carbocycles. The maximum absolute atomic E-state index is 12.8. The lowest BCUT2D eigenvalue weighted by atomic mass is 10.2. The van der Waals surface area contributed by atoms with Crippen molar-refractivity contribution in [2.24, 2.45) is 0 Å². The first-order valence-electron chi connectivity index (χ1n) is 4.75. The Morgan fingerprint density at radius 2 is 2.20 bits per heavy atom. The van der Waals surface area contributed by atoms with Gasteiger partial charge in [-0.15, -0.1) is 0 Å². The van der Waals surface area contributed by atoms with Crippen LogP contribution in [0.3, 0.4) is 0 Å². The molecule has 0 unspecified atom stereocenters. The molecular weight excluding hydrogens is 205 g/mol. The van der Waals surface area contributed by atoms with Gasteiger partial charge in [0, 0.05) is 25.7 Å². The molecule has 0 spiro atoms. The van der Waals surface area contributed by atoms with Crippen molar-refractivity contribution in [1.29, 1.82) is 0 Å². The minimum absolute atomic E-state index is 0.115. The van der Waals surface area contributed by atoms with Crippen LogP contribution in [0.1, 0.15) is 12.0 Å². The van der Waals surface area contributed by atoms with Crippen LogP contribution in [0.4, 0.5) is 13.2 Å². The normalized spacial score (nSPS) is 20.7. The molecule has 1 aliphatic rings. The van der Waals surface area contributed by atoms with Gasteiger partial charge in [0.25, 0.3) is 5.92 Å². The molecular formula is C10H11F3N2. The summed E-state index contributed by atoms with van der Waals surface area (Å²) in [5.74, 6) is -3.03. The molecule has 0 radical (unpaired) electrons. The van der Waals surface area contributed by atoms with Crippen molar-refractivity contribution in [1.82, 2.24) is 9.88 Å². The summed E-state index contributed by atoms with van der Waals surface area (Å²) in [5, 5.41) is 0. The van der Waals surface area contributed by atoms with Gasteiger partial charge in [-0.1, -0.05) is 0 Å². The highest BCUT2D eigenvalue weighted by molar-refractivity contribution is 5.10. The SMILES string of the molecule is Fc1cncc(CN2CCC(F)(F)C2)c1. The van der Waals surface area contributed by atoms with Crippen molar-refractivity contribution in [2.45, 2.75) is 18.9 Å². The Morgan fingerprint density at radius 1 is 1.40 bits per heavy atom. The van der Waals surface area contributed by atoms with E-state index in [1.807, 2.05) is 0 Å². The van der Waals surface area contributed by atoms with E-state index < -0.39 is 11.7 Å². The van der Waals surface area contributed by atoms with Crippen molar-refractivity contribution < 1.29 is 13.2 Å². The summed E-state index contributed by atoms with van der Waals surface area (Å²) in [5.41, 5.74) is 0.632. The number of hydrogen-bond donors (Lipinski definition) is 0. The van der Waals surface area contributed by atoms with E-state index in [0.29, 0.717) is 18.7 Å². The molecule has 1 aromatic rings. The van der Waals surface area contributed by atoms with Gasteiger partial charge in [0.05, 0.1) is 12.7 Å². The summed E-state index contributed by atoms with van der Waals surface area (Å²) in [6.45, 7) is 0.438. The lowest BCUT2D eigenvalue weighted by Gasteiger charge is -2.14. The summed E-state index contributed by atoms with van der Waals surface area (Å²) in [6, 6.07) is 1.32. The predicted octanol–water partition coefficient (Wildman–Crippen LogP) is 2.06. The molecule has 1 saturated heterocycles. The van der Waals surface area contributed by atoms with Gasteiger partial charge in [-0.2, -0.15) is 0 Å². The number of nitrogens with zero attached hydrogens (tertiary/aromatic N) is 2. The fraction of sp³-hybridized carbons (Fsp3) is 0.500. The lowest BCUT2D eigenvalue weighted by molar-refractivity contribution is 0.0115. The lowest BCUT2D eigenvalue weighted by Crippen LogP contribution is -2.24. The number of aromatic nitrogens is 1. The second kappa shape index (κ2) is 3.81. The predicted molar refractivity (Wildman–Crippen MR) is 49.0 cm³/mol. The Balaban J connectivity index is 1.99. The van der Waals surface area contributed by atoms with E-state index in [4.69, 9.17) is 0 Å². The maximum atomic E-state index is 12.8. The molecule has 2 heterocycles. The standard InChI is InChI=1S/C10H11F3N2/c11-9-3-8(4-14-5-9)6-15-2-1-10(12,13)7-15/h3-5H,1-2,6-7H2. The van der Waals surface area contributed by atoms with Gasteiger partial charge < -0.3 is 0 Å². The zero-order chi connectivity index (χ0) is 10.9. The Labute approximate surface area is 85.7 Å². The highest BCUT2D eigenvalue weighted by Crippen LogP contribution is 2.27. The molecule has 5 heteroatoms. The molecule has 0 aliphatic carbocycles. The quantitative estimate of drug-likeness (QED) is 0.752. The van der Waals surface area contributed by atoms with Crippen molar-refractivity contribution in [3.8, 4) is 0 Å². The number of likely N-dealkylation sites (tertiary alicyclic amines) is 1. The Bertz CT molecular complexity index is 354. The molecule has 0 atom stereocenters. The summed E-state index contributed by atoms with van der Waals surface area (Å²) in [7, 11) is 0. The largest absolute Gasteiger partial charge is 0.293 e. The van der Waals surface area contributed by atoms with E-state index in [2.05, 4.69) is 4.98 Å². The van der Waals surface area contributed by atoms with Crippen molar-refractivity contribution in [3.05, 3.63) is 29.8 Å². The molecule has 2 rings (SSSR count). The first-order chi connectivity index (χ1) is 7.05. The van der Waals surface area contributed by atoms with Crippen LogP contribution in [-0.4, -0.2) is 28.9 Å². The molecule has 1 fully saturated rings. The van der Waals surface area contributed by atoms with Crippen LogP contribution in [0.15, 0.2) is 18.5 Å². The topological polar surface area (TPSA) is 16.1 Å². The summed E-state index contributed by atoms with van der Waals surface area (Å²) in [6.07, 6.45) is 2.48. The highest BCUT2D eigenvalue weighted by atomic mass is 19.3. The van der Waals surface area contributed by atoms with E-state index in [-0.39, 0.29) is 13.0 Å².